The van der Waals surface area contributed by atoms with Gasteiger partial charge in [0.05, 0.1) is 29.7 Å². The van der Waals surface area contributed by atoms with Crippen LogP contribution in [0.1, 0.15) is 44.6 Å². The molecule has 9 rings (SSSR count). The van der Waals surface area contributed by atoms with Gasteiger partial charge in [-0.3, -0.25) is 9.88 Å². The first kappa shape index (κ1) is 28.5. The number of piperazine rings is 1. The van der Waals surface area contributed by atoms with E-state index in [-0.39, 0.29) is 45.3 Å². The van der Waals surface area contributed by atoms with Gasteiger partial charge in [-0.05, 0) is 73.5 Å². The van der Waals surface area contributed by atoms with E-state index in [4.69, 9.17) is 19.4 Å². The van der Waals surface area contributed by atoms with Crippen molar-refractivity contribution in [1.29, 1.82) is 0 Å². The highest BCUT2D eigenvalue weighted by Crippen LogP contribution is 2.51. The first-order valence-electron chi connectivity index (χ1n) is 16.6. The Bertz CT molecular complexity index is 1870. The molecule has 0 amide bonds. The summed E-state index contributed by atoms with van der Waals surface area (Å²) in [6.07, 6.45) is 7.43. The van der Waals surface area contributed by atoms with Crippen molar-refractivity contribution in [3.05, 3.63) is 47.7 Å². The van der Waals surface area contributed by atoms with Crippen LogP contribution in [-0.4, -0.2) is 88.6 Å². The molecule has 11 heteroatoms. The number of anilines is 1. The number of ether oxygens (including phenoxy) is 2. The molecule has 240 valence electrons. The molecular formula is C35H38F2N6O3. The molecule has 4 aromatic rings. The second-order valence-electron chi connectivity index (χ2n) is 14.2. The number of aryl methyl sites for hydroxylation is 1. The molecule has 5 aliphatic heterocycles. The lowest BCUT2D eigenvalue weighted by atomic mass is 9.78. The normalized spacial score (nSPS) is 26.7. The van der Waals surface area contributed by atoms with Gasteiger partial charge in [0.1, 0.15) is 35.2 Å². The van der Waals surface area contributed by atoms with Crippen LogP contribution in [0.5, 0.6) is 11.8 Å². The monoisotopic (exact) mass is 628 g/mol. The molecule has 0 radical (unpaired) electrons. The van der Waals surface area contributed by atoms with Crippen molar-refractivity contribution in [3.8, 4) is 23.0 Å². The Balaban J connectivity index is 1.16. The predicted molar refractivity (Wildman–Crippen MR) is 170 cm³/mol. The molecule has 0 saturated carbocycles. The van der Waals surface area contributed by atoms with E-state index in [1.807, 2.05) is 6.92 Å². The van der Waals surface area contributed by atoms with Crippen LogP contribution in [0.15, 0.2) is 30.5 Å². The summed E-state index contributed by atoms with van der Waals surface area (Å²) < 4.78 is 43.7. The van der Waals surface area contributed by atoms with Gasteiger partial charge in [0, 0.05) is 43.3 Å². The number of hydrogen-bond acceptors (Lipinski definition) is 9. The van der Waals surface area contributed by atoms with Crippen molar-refractivity contribution >= 4 is 27.5 Å². The third-order valence-electron chi connectivity index (χ3n) is 11.2. The standard InChI is InChI=1S/C35H38F2N6O3/c1-2-22-23-7-9-27(44)28(24(23)6-8-26(22)36)31-29(37)30-25(12-38-31)32(42-13-20-4-5-21(14-42)39-20)41-33(40-30)46-19-35-10-3-11-43(35)16-34(15-35)17-45-18-34/h6-9,12,20-21,39,44H,2-5,10-11,13-19H2,1H3/t20-,21+,35?. The van der Waals surface area contributed by atoms with E-state index < -0.39 is 5.82 Å². The lowest BCUT2D eigenvalue weighted by Gasteiger charge is -2.39. The predicted octanol–water partition coefficient (Wildman–Crippen LogP) is 4.97. The number of rotatable bonds is 6. The molecule has 7 heterocycles. The molecule has 5 fully saturated rings. The highest BCUT2D eigenvalue weighted by atomic mass is 19.1. The van der Waals surface area contributed by atoms with E-state index in [1.165, 1.54) is 12.1 Å². The van der Waals surface area contributed by atoms with Crippen LogP contribution in [-0.2, 0) is 11.2 Å². The fourth-order valence-corrected chi connectivity index (χ4v) is 9.11. The zero-order chi connectivity index (χ0) is 31.2. The summed E-state index contributed by atoms with van der Waals surface area (Å²) in [5.41, 5.74) is 0.890. The quantitative estimate of drug-likeness (QED) is 0.307. The summed E-state index contributed by atoms with van der Waals surface area (Å²) in [6, 6.07) is 6.93. The Morgan fingerprint density at radius 2 is 1.87 bits per heavy atom. The highest BCUT2D eigenvalue weighted by molar-refractivity contribution is 6.02. The Morgan fingerprint density at radius 1 is 1.07 bits per heavy atom. The smallest absolute Gasteiger partial charge is 0.319 e. The Hall–Kier alpha value is -3.67. The second kappa shape index (κ2) is 10.4. The number of phenols is 1. The number of halogens is 2. The van der Waals surface area contributed by atoms with Crippen LogP contribution in [0.3, 0.4) is 0 Å². The molecule has 5 aliphatic rings. The largest absolute Gasteiger partial charge is 0.507 e. The summed E-state index contributed by atoms with van der Waals surface area (Å²) in [5.74, 6) is -0.515. The van der Waals surface area contributed by atoms with Crippen molar-refractivity contribution in [2.24, 2.45) is 5.41 Å². The minimum absolute atomic E-state index is 0.0384. The van der Waals surface area contributed by atoms with Crippen molar-refractivity contribution in [2.75, 3.05) is 50.9 Å². The Labute approximate surface area is 265 Å². The summed E-state index contributed by atoms with van der Waals surface area (Å²) in [7, 11) is 0. The minimum atomic E-state index is -0.665. The van der Waals surface area contributed by atoms with Gasteiger partial charge in [-0.25, -0.2) is 8.78 Å². The molecule has 1 spiro atoms. The van der Waals surface area contributed by atoms with E-state index in [9.17, 15) is 9.50 Å². The Morgan fingerprint density at radius 3 is 2.63 bits per heavy atom. The van der Waals surface area contributed by atoms with Crippen molar-refractivity contribution in [3.63, 3.8) is 0 Å². The van der Waals surface area contributed by atoms with Gasteiger partial charge in [0.2, 0.25) is 0 Å². The van der Waals surface area contributed by atoms with Crippen molar-refractivity contribution in [2.45, 2.75) is 63.1 Å². The van der Waals surface area contributed by atoms with Crippen LogP contribution in [0.25, 0.3) is 32.9 Å². The van der Waals surface area contributed by atoms with Gasteiger partial charge >= 0.3 is 6.01 Å². The maximum absolute atomic E-state index is 16.9. The first-order chi connectivity index (χ1) is 22.4. The number of pyridine rings is 1. The Kier molecular flexibility index (Phi) is 6.46. The molecule has 2 aromatic heterocycles. The summed E-state index contributed by atoms with van der Waals surface area (Å²) in [6.45, 7) is 7.45. The van der Waals surface area contributed by atoms with Gasteiger partial charge in [-0.1, -0.05) is 19.1 Å². The number of phenolic OH excluding ortho intramolecular Hbond substituents is 1. The van der Waals surface area contributed by atoms with E-state index >= 15 is 4.39 Å². The fourth-order valence-electron chi connectivity index (χ4n) is 9.11. The molecule has 1 unspecified atom stereocenters. The maximum atomic E-state index is 16.9. The van der Waals surface area contributed by atoms with Crippen molar-refractivity contribution < 1.29 is 23.4 Å². The molecule has 3 atom stereocenters. The first-order valence-corrected chi connectivity index (χ1v) is 16.6. The van der Waals surface area contributed by atoms with E-state index in [2.05, 4.69) is 20.1 Å². The van der Waals surface area contributed by atoms with Crippen LogP contribution in [0.2, 0.25) is 0 Å². The summed E-state index contributed by atoms with van der Waals surface area (Å²) in [5, 5.41) is 16.4. The second-order valence-corrected chi connectivity index (χ2v) is 14.2. The van der Waals surface area contributed by atoms with Crippen LogP contribution >= 0.6 is 0 Å². The number of benzene rings is 2. The summed E-state index contributed by atoms with van der Waals surface area (Å²) >= 11 is 0. The number of nitrogens with one attached hydrogen (secondary N) is 1. The molecule has 2 N–H and O–H groups in total. The molecule has 5 saturated heterocycles. The number of nitrogens with zero attached hydrogens (tertiary/aromatic N) is 5. The third kappa shape index (κ3) is 4.31. The topological polar surface area (TPSA) is 95.9 Å². The van der Waals surface area contributed by atoms with Gasteiger partial charge < -0.3 is 24.8 Å². The lowest BCUT2D eigenvalue weighted by Crippen LogP contribution is -2.51. The van der Waals surface area contributed by atoms with Crippen LogP contribution in [0, 0.1) is 17.0 Å². The average Bonchev–Trinajstić information content (AvgIpc) is 3.70. The molecule has 2 aromatic carbocycles. The SMILES string of the molecule is CCc1c(F)ccc2c(-c3ncc4c(N5C[C@H]6CC[C@@H](C5)N6)nc(OCC56CCCN5CC5(COC5)C6)nc4c3F)c(O)ccc12. The maximum Gasteiger partial charge on any atom is 0.319 e. The average molecular weight is 629 g/mol. The van der Waals surface area contributed by atoms with Gasteiger partial charge in [-0.15, -0.1) is 0 Å². The van der Waals surface area contributed by atoms with Gasteiger partial charge in [-0.2, -0.15) is 9.97 Å². The van der Waals surface area contributed by atoms with Gasteiger partial charge in [0.25, 0.3) is 0 Å². The zero-order valence-corrected chi connectivity index (χ0v) is 26.0. The third-order valence-corrected chi connectivity index (χ3v) is 11.2. The summed E-state index contributed by atoms with van der Waals surface area (Å²) in [4.78, 5) is 19.0. The van der Waals surface area contributed by atoms with E-state index in [0.29, 0.717) is 52.7 Å². The number of aromatic nitrogens is 3. The molecular weight excluding hydrogens is 590 g/mol. The number of fused-ring (bicyclic) bond motifs is 5. The minimum Gasteiger partial charge on any atom is -0.507 e. The van der Waals surface area contributed by atoms with Crippen molar-refractivity contribution in [1.82, 2.24) is 25.2 Å². The van der Waals surface area contributed by atoms with E-state index in [1.54, 1.807) is 18.3 Å². The van der Waals surface area contributed by atoms with Gasteiger partial charge in [0.15, 0.2) is 5.82 Å². The molecule has 9 nitrogen and oxygen atoms in total. The van der Waals surface area contributed by atoms with Crippen LogP contribution in [0.4, 0.5) is 14.6 Å². The van der Waals surface area contributed by atoms with E-state index in [0.717, 1.165) is 71.5 Å². The highest BCUT2D eigenvalue weighted by Gasteiger charge is 2.58. The number of hydrogen-bond donors (Lipinski definition) is 2. The molecule has 2 bridgehead atoms. The lowest BCUT2D eigenvalue weighted by molar-refractivity contribution is -0.107. The zero-order valence-electron chi connectivity index (χ0n) is 26.0. The molecule has 0 aliphatic carbocycles. The fraction of sp³-hybridized carbons (Fsp3) is 0.514. The van der Waals surface area contributed by atoms with Crippen LogP contribution < -0.4 is 15.0 Å². The number of aromatic hydroxyl groups is 1. The molecule has 46 heavy (non-hydrogen) atoms.